The van der Waals surface area contributed by atoms with Gasteiger partial charge in [-0.05, 0) is 24.6 Å². The van der Waals surface area contributed by atoms with Gasteiger partial charge >= 0.3 is 0 Å². The number of anilines is 2. The van der Waals surface area contributed by atoms with Crippen molar-refractivity contribution in [3.05, 3.63) is 23.8 Å². The number of carbonyl (C=O) groups excluding carboxylic acids is 1. The molecule has 20 heavy (non-hydrogen) atoms. The smallest absolute Gasteiger partial charge is 0.250 e. The number of benzene rings is 1. The summed E-state index contributed by atoms with van der Waals surface area (Å²) in [5, 5.41) is 23.5. The molecular formula is C13H13N5O2. The summed E-state index contributed by atoms with van der Waals surface area (Å²) in [6.45, 7) is 1.79. The standard InChI is InChI=1S/C13H13N5O2/c1-9-3-4-10(16-13(19)8-20-2)5-12(9)18-17-11(6-14)7-15/h3-5,18H,8H2,1-2H3,(H,16,19). The summed E-state index contributed by atoms with van der Waals surface area (Å²) in [4.78, 5) is 11.4. The van der Waals surface area contributed by atoms with Crippen molar-refractivity contribution in [2.24, 2.45) is 5.10 Å². The minimum atomic E-state index is -0.279. The second kappa shape index (κ2) is 7.52. The highest BCUT2D eigenvalue weighted by atomic mass is 16.5. The van der Waals surface area contributed by atoms with Crippen LogP contribution in [0, 0.1) is 29.6 Å². The van der Waals surface area contributed by atoms with Crippen molar-refractivity contribution in [3.8, 4) is 12.1 Å². The van der Waals surface area contributed by atoms with Gasteiger partial charge in [-0.1, -0.05) is 6.07 Å². The minimum Gasteiger partial charge on any atom is -0.375 e. The minimum absolute atomic E-state index is 0.0399. The van der Waals surface area contributed by atoms with Gasteiger partial charge in [0.1, 0.15) is 18.7 Å². The van der Waals surface area contributed by atoms with Crippen LogP contribution >= 0.6 is 0 Å². The van der Waals surface area contributed by atoms with Crippen LogP contribution in [0.5, 0.6) is 0 Å². The van der Waals surface area contributed by atoms with Crippen LogP contribution in [-0.2, 0) is 9.53 Å². The van der Waals surface area contributed by atoms with Gasteiger partial charge in [-0.3, -0.25) is 10.2 Å². The first-order valence-corrected chi connectivity index (χ1v) is 5.64. The highest BCUT2D eigenvalue weighted by molar-refractivity contribution is 6.10. The topological polar surface area (TPSA) is 110 Å². The third kappa shape index (κ3) is 4.41. The van der Waals surface area contributed by atoms with Crippen LogP contribution in [-0.4, -0.2) is 25.3 Å². The summed E-state index contributed by atoms with van der Waals surface area (Å²) in [6, 6.07) is 8.45. The van der Waals surface area contributed by atoms with Crippen molar-refractivity contribution in [1.29, 1.82) is 10.5 Å². The largest absolute Gasteiger partial charge is 0.375 e. The lowest BCUT2D eigenvalue weighted by Crippen LogP contribution is -2.17. The molecule has 7 nitrogen and oxygen atoms in total. The molecule has 0 aliphatic rings. The summed E-state index contributed by atoms with van der Waals surface area (Å²) < 4.78 is 4.72. The zero-order valence-corrected chi connectivity index (χ0v) is 11.1. The molecule has 2 N–H and O–H groups in total. The monoisotopic (exact) mass is 271 g/mol. The van der Waals surface area contributed by atoms with Crippen LogP contribution in [0.3, 0.4) is 0 Å². The van der Waals surface area contributed by atoms with Gasteiger partial charge in [-0.2, -0.15) is 15.6 Å². The van der Waals surface area contributed by atoms with E-state index in [4.69, 9.17) is 15.3 Å². The SMILES string of the molecule is COCC(=O)Nc1ccc(C)c(NN=C(C#N)C#N)c1. The van der Waals surface area contributed by atoms with Crippen LogP contribution in [0.1, 0.15) is 5.56 Å². The number of amides is 1. The fourth-order valence-corrected chi connectivity index (χ4v) is 1.34. The first-order valence-electron chi connectivity index (χ1n) is 5.64. The Kier molecular flexibility index (Phi) is 5.70. The molecule has 1 rings (SSSR count). The number of methoxy groups -OCH3 is 1. The van der Waals surface area contributed by atoms with E-state index in [1.807, 2.05) is 6.92 Å². The molecule has 0 heterocycles. The predicted octanol–water partition coefficient (Wildman–Crippen LogP) is 1.39. The predicted molar refractivity (Wildman–Crippen MR) is 74.0 cm³/mol. The molecule has 0 saturated carbocycles. The van der Waals surface area contributed by atoms with Crippen molar-refractivity contribution in [3.63, 3.8) is 0 Å². The van der Waals surface area contributed by atoms with Gasteiger partial charge in [0.15, 0.2) is 0 Å². The van der Waals surface area contributed by atoms with E-state index < -0.39 is 0 Å². The number of hydrazone groups is 1. The van der Waals surface area contributed by atoms with E-state index in [1.54, 1.807) is 30.3 Å². The lowest BCUT2D eigenvalue weighted by atomic mass is 10.2. The summed E-state index contributed by atoms with van der Waals surface area (Å²) in [5.74, 6) is -0.277. The third-order valence-corrected chi connectivity index (χ3v) is 2.30. The molecule has 7 heteroatoms. The third-order valence-electron chi connectivity index (χ3n) is 2.30. The van der Waals surface area contributed by atoms with Gasteiger partial charge < -0.3 is 10.1 Å². The maximum absolute atomic E-state index is 11.4. The highest BCUT2D eigenvalue weighted by Crippen LogP contribution is 2.20. The number of nitriles is 2. The Morgan fingerprint density at radius 3 is 2.70 bits per heavy atom. The Balaban J connectivity index is 2.88. The van der Waals surface area contributed by atoms with Gasteiger partial charge in [0.05, 0.1) is 5.69 Å². The molecule has 0 atom stereocenters. The Morgan fingerprint density at radius 1 is 1.40 bits per heavy atom. The van der Waals surface area contributed by atoms with Crippen molar-refractivity contribution in [2.45, 2.75) is 6.92 Å². The summed E-state index contributed by atoms with van der Waals surface area (Å²) in [7, 11) is 1.43. The molecule has 1 amide bonds. The molecule has 0 radical (unpaired) electrons. The van der Waals surface area contributed by atoms with Crippen molar-refractivity contribution in [2.75, 3.05) is 24.5 Å². The number of hydrogen-bond donors (Lipinski definition) is 2. The van der Waals surface area contributed by atoms with E-state index in [-0.39, 0.29) is 18.2 Å². The molecule has 0 fully saturated rings. The Hall–Kier alpha value is -2.90. The lowest BCUT2D eigenvalue weighted by molar-refractivity contribution is -0.119. The lowest BCUT2D eigenvalue weighted by Gasteiger charge is -2.09. The second-order valence-electron chi connectivity index (χ2n) is 3.81. The summed E-state index contributed by atoms with van der Waals surface area (Å²) >= 11 is 0. The van der Waals surface area contributed by atoms with E-state index in [0.29, 0.717) is 11.4 Å². The number of hydrogen-bond acceptors (Lipinski definition) is 6. The van der Waals surface area contributed by atoms with E-state index in [0.717, 1.165) is 5.56 Å². The molecule has 1 aromatic rings. The first kappa shape index (κ1) is 15.2. The average Bonchev–Trinajstić information content (AvgIpc) is 2.43. The van der Waals surface area contributed by atoms with Gasteiger partial charge in [0.2, 0.25) is 11.6 Å². The maximum atomic E-state index is 11.4. The van der Waals surface area contributed by atoms with Gasteiger partial charge in [0.25, 0.3) is 0 Å². The fourth-order valence-electron chi connectivity index (χ4n) is 1.34. The molecule has 0 saturated heterocycles. The zero-order valence-electron chi connectivity index (χ0n) is 11.1. The Morgan fingerprint density at radius 2 is 2.10 bits per heavy atom. The van der Waals surface area contributed by atoms with Crippen LogP contribution < -0.4 is 10.7 Å². The molecule has 1 aromatic carbocycles. The van der Waals surface area contributed by atoms with Gasteiger partial charge in [-0.25, -0.2) is 0 Å². The number of ether oxygens (including phenoxy) is 1. The molecule has 0 unspecified atom stereocenters. The van der Waals surface area contributed by atoms with Crippen LogP contribution in [0.15, 0.2) is 23.3 Å². The van der Waals surface area contributed by atoms with E-state index >= 15 is 0 Å². The first-order chi connectivity index (χ1) is 9.60. The number of nitrogens with zero attached hydrogens (tertiary/aromatic N) is 3. The molecular weight excluding hydrogens is 258 g/mol. The van der Waals surface area contributed by atoms with E-state index in [1.165, 1.54) is 7.11 Å². The fraction of sp³-hybridized carbons (Fsp3) is 0.231. The highest BCUT2D eigenvalue weighted by Gasteiger charge is 2.04. The molecule has 0 aliphatic carbocycles. The molecule has 0 spiro atoms. The molecule has 102 valence electrons. The normalized spacial score (nSPS) is 9.00. The van der Waals surface area contributed by atoms with Crippen LogP contribution in [0.2, 0.25) is 0 Å². The number of nitrogens with one attached hydrogen (secondary N) is 2. The maximum Gasteiger partial charge on any atom is 0.250 e. The summed E-state index contributed by atoms with van der Waals surface area (Å²) in [5.41, 5.74) is 4.34. The number of carbonyl (C=O) groups is 1. The van der Waals surface area contributed by atoms with E-state index in [2.05, 4.69) is 15.8 Å². The Bertz CT molecular complexity index is 594. The second-order valence-corrected chi connectivity index (χ2v) is 3.81. The number of rotatable bonds is 5. The van der Waals surface area contributed by atoms with Crippen molar-refractivity contribution >= 4 is 23.0 Å². The zero-order chi connectivity index (χ0) is 15.0. The average molecular weight is 271 g/mol. The Labute approximate surface area is 116 Å². The quantitative estimate of drug-likeness (QED) is 0.621. The molecule has 0 bridgehead atoms. The molecule has 0 aromatic heterocycles. The number of aryl methyl sites for hydroxylation is 1. The molecule has 0 aliphatic heterocycles. The van der Waals surface area contributed by atoms with Gasteiger partial charge in [-0.15, -0.1) is 0 Å². The van der Waals surface area contributed by atoms with Gasteiger partial charge in [0, 0.05) is 12.8 Å². The van der Waals surface area contributed by atoms with Crippen molar-refractivity contribution < 1.29 is 9.53 Å². The van der Waals surface area contributed by atoms with Crippen LogP contribution in [0.4, 0.5) is 11.4 Å². The van der Waals surface area contributed by atoms with Crippen molar-refractivity contribution in [1.82, 2.24) is 0 Å². The van der Waals surface area contributed by atoms with E-state index in [9.17, 15) is 4.79 Å². The van der Waals surface area contributed by atoms with Crippen LogP contribution in [0.25, 0.3) is 0 Å². The summed E-state index contributed by atoms with van der Waals surface area (Å²) in [6.07, 6.45) is 0.